The molecule has 0 aromatic carbocycles. The second-order valence-corrected chi connectivity index (χ2v) is 4.14. The quantitative estimate of drug-likeness (QED) is 0.478. The van der Waals surface area contributed by atoms with Crippen molar-refractivity contribution in [2.45, 2.75) is 25.0 Å². The van der Waals surface area contributed by atoms with Gasteiger partial charge in [-0.1, -0.05) is 11.6 Å². The molecule has 0 spiro atoms. The van der Waals surface area contributed by atoms with E-state index in [1.807, 2.05) is 0 Å². The van der Waals surface area contributed by atoms with Crippen LogP contribution in [0.2, 0.25) is 5.15 Å². The molecule has 0 amide bonds. The largest absolute Gasteiger partial charge is 0.393 e. The molecule has 0 atom stereocenters. The third kappa shape index (κ3) is 2.40. The number of nitrogens with one attached hydrogen (secondary N) is 1. The summed E-state index contributed by atoms with van der Waals surface area (Å²) in [5.74, 6) is 0.371. The number of aliphatic hydroxyl groups is 1. The van der Waals surface area contributed by atoms with Gasteiger partial charge in [0.15, 0.2) is 0 Å². The number of aliphatic hydroxyl groups excluding tert-OH is 1. The van der Waals surface area contributed by atoms with E-state index < -0.39 is 4.92 Å². The SMILES string of the molecule is O=[N+]([O-])c1cc(Cl)nc(NC2CC(O)C2)c1. The van der Waals surface area contributed by atoms with Crippen LogP contribution in [0, 0.1) is 10.1 Å². The average Bonchev–Trinajstić information content (AvgIpc) is 2.14. The Morgan fingerprint density at radius 2 is 2.25 bits per heavy atom. The second kappa shape index (κ2) is 4.23. The summed E-state index contributed by atoms with van der Waals surface area (Å²) >= 11 is 5.66. The van der Waals surface area contributed by atoms with Crippen molar-refractivity contribution in [1.82, 2.24) is 4.98 Å². The van der Waals surface area contributed by atoms with Gasteiger partial charge in [-0.05, 0) is 12.8 Å². The Bertz CT molecular complexity index is 420. The number of aromatic nitrogens is 1. The minimum Gasteiger partial charge on any atom is -0.393 e. The van der Waals surface area contributed by atoms with Crippen molar-refractivity contribution in [2.75, 3.05) is 5.32 Å². The number of hydrogen-bond acceptors (Lipinski definition) is 5. The standard InChI is InChI=1S/C9H10ClN3O3/c10-8-3-6(13(15)16)4-9(12-8)11-5-1-7(14)2-5/h3-5,7,14H,1-2H2,(H,11,12). The first-order valence-electron chi connectivity index (χ1n) is 4.81. The minimum absolute atomic E-state index is 0.0802. The van der Waals surface area contributed by atoms with Crippen LogP contribution in [-0.4, -0.2) is 27.2 Å². The zero-order valence-corrected chi connectivity index (χ0v) is 9.02. The molecule has 1 aliphatic carbocycles. The monoisotopic (exact) mass is 243 g/mol. The van der Waals surface area contributed by atoms with Gasteiger partial charge < -0.3 is 10.4 Å². The highest BCUT2D eigenvalue weighted by atomic mass is 35.5. The van der Waals surface area contributed by atoms with Crippen molar-refractivity contribution >= 4 is 23.1 Å². The summed E-state index contributed by atoms with van der Waals surface area (Å²) in [7, 11) is 0. The van der Waals surface area contributed by atoms with Gasteiger partial charge in [0.1, 0.15) is 11.0 Å². The van der Waals surface area contributed by atoms with Crippen molar-refractivity contribution in [3.8, 4) is 0 Å². The highest BCUT2D eigenvalue weighted by Crippen LogP contribution is 2.26. The number of rotatable bonds is 3. The smallest absolute Gasteiger partial charge is 0.276 e. The molecule has 0 aliphatic heterocycles. The lowest BCUT2D eigenvalue weighted by Gasteiger charge is -2.32. The van der Waals surface area contributed by atoms with E-state index in [1.165, 1.54) is 12.1 Å². The Morgan fingerprint density at radius 3 is 2.81 bits per heavy atom. The normalized spacial score (nSPS) is 23.6. The lowest BCUT2D eigenvalue weighted by atomic mass is 9.89. The van der Waals surface area contributed by atoms with Crippen LogP contribution in [0.15, 0.2) is 12.1 Å². The number of hydrogen-bond donors (Lipinski definition) is 2. The number of anilines is 1. The fourth-order valence-electron chi connectivity index (χ4n) is 1.58. The van der Waals surface area contributed by atoms with Gasteiger partial charge in [0.25, 0.3) is 5.69 Å². The zero-order chi connectivity index (χ0) is 11.7. The molecule has 1 saturated carbocycles. The van der Waals surface area contributed by atoms with Gasteiger partial charge in [-0.25, -0.2) is 4.98 Å². The first-order chi connectivity index (χ1) is 7.54. The van der Waals surface area contributed by atoms with Crippen LogP contribution in [0.25, 0.3) is 0 Å². The molecular formula is C9H10ClN3O3. The predicted octanol–water partition coefficient (Wildman–Crippen LogP) is 1.58. The number of halogens is 1. The Morgan fingerprint density at radius 1 is 1.56 bits per heavy atom. The Balaban J connectivity index is 2.11. The lowest BCUT2D eigenvalue weighted by molar-refractivity contribution is -0.384. The first-order valence-corrected chi connectivity index (χ1v) is 5.19. The van der Waals surface area contributed by atoms with Gasteiger partial charge in [-0.3, -0.25) is 10.1 Å². The molecular weight excluding hydrogens is 234 g/mol. The fraction of sp³-hybridized carbons (Fsp3) is 0.444. The molecule has 2 N–H and O–H groups in total. The number of nitro groups is 1. The molecule has 1 heterocycles. The van der Waals surface area contributed by atoms with Crippen molar-refractivity contribution in [1.29, 1.82) is 0 Å². The van der Waals surface area contributed by atoms with Crippen molar-refractivity contribution in [2.24, 2.45) is 0 Å². The summed E-state index contributed by atoms with van der Waals surface area (Å²) in [5, 5.41) is 22.7. The van der Waals surface area contributed by atoms with Gasteiger partial charge in [0.2, 0.25) is 0 Å². The van der Waals surface area contributed by atoms with Crippen molar-refractivity contribution in [3.05, 3.63) is 27.4 Å². The summed E-state index contributed by atoms with van der Waals surface area (Å²) in [6.07, 6.45) is 0.968. The number of nitrogens with zero attached hydrogens (tertiary/aromatic N) is 2. The Kier molecular flexibility index (Phi) is 2.93. The maximum Gasteiger partial charge on any atom is 0.276 e. The minimum atomic E-state index is -0.519. The molecule has 1 aromatic rings. The first kappa shape index (κ1) is 11.1. The van der Waals surface area contributed by atoms with Crippen LogP contribution < -0.4 is 5.32 Å². The van der Waals surface area contributed by atoms with Crippen LogP contribution in [0.4, 0.5) is 11.5 Å². The Labute approximate surface area is 96.4 Å². The van der Waals surface area contributed by atoms with Crippen molar-refractivity contribution in [3.63, 3.8) is 0 Å². The molecule has 0 radical (unpaired) electrons. The third-order valence-electron chi connectivity index (χ3n) is 2.45. The molecule has 0 unspecified atom stereocenters. The van der Waals surface area contributed by atoms with Gasteiger partial charge in [0, 0.05) is 6.04 Å². The molecule has 0 saturated heterocycles. The van der Waals surface area contributed by atoms with Crippen molar-refractivity contribution < 1.29 is 10.0 Å². The fourth-order valence-corrected chi connectivity index (χ4v) is 1.78. The summed E-state index contributed by atoms with van der Waals surface area (Å²) in [6.45, 7) is 0. The van der Waals surface area contributed by atoms with E-state index in [2.05, 4.69) is 10.3 Å². The van der Waals surface area contributed by atoms with Crippen LogP contribution in [0.5, 0.6) is 0 Å². The molecule has 16 heavy (non-hydrogen) atoms. The van der Waals surface area contributed by atoms with Crippen LogP contribution in [-0.2, 0) is 0 Å². The molecule has 1 aromatic heterocycles. The summed E-state index contributed by atoms with van der Waals surface area (Å²) in [5.41, 5.74) is -0.0950. The van der Waals surface area contributed by atoms with E-state index in [-0.39, 0.29) is 23.0 Å². The topological polar surface area (TPSA) is 88.3 Å². The van der Waals surface area contributed by atoms with Crippen LogP contribution >= 0.6 is 11.6 Å². The molecule has 86 valence electrons. The number of pyridine rings is 1. The van der Waals surface area contributed by atoms with Gasteiger partial charge in [-0.2, -0.15) is 0 Å². The molecule has 2 rings (SSSR count). The summed E-state index contributed by atoms with van der Waals surface area (Å²) in [4.78, 5) is 14.0. The average molecular weight is 244 g/mol. The molecule has 1 aliphatic rings. The maximum absolute atomic E-state index is 10.6. The van der Waals surface area contributed by atoms with E-state index in [0.29, 0.717) is 18.7 Å². The van der Waals surface area contributed by atoms with Gasteiger partial charge in [0.05, 0.1) is 23.2 Å². The van der Waals surface area contributed by atoms with E-state index in [0.717, 1.165) is 0 Å². The highest BCUT2D eigenvalue weighted by Gasteiger charge is 2.27. The Hall–Kier alpha value is -1.40. The molecule has 0 bridgehead atoms. The van der Waals surface area contributed by atoms with E-state index >= 15 is 0 Å². The summed E-state index contributed by atoms with van der Waals surface area (Å²) < 4.78 is 0. The maximum atomic E-state index is 10.6. The molecule has 6 nitrogen and oxygen atoms in total. The predicted molar refractivity (Wildman–Crippen MR) is 58.6 cm³/mol. The zero-order valence-electron chi connectivity index (χ0n) is 8.26. The van der Waals surface area contributed by atoms with Crippen LogP contribution in [0.1, 0.15) is 12.8 Å². The second-order valence-electron chi connectivity index (χ2n) is 3.76. The molecule has 7 heteroatoms. The van der Waals surface area contributed by atoms with Crippen LogP contribution in [0.3, 0.4) is 0 Å². The van der Waals surface area contributed by atoms with E-state index in [4.69, 9.17) is 16.7 Å². The lowest BCUT2D eigenvalue weighted by Crippen LogP contribution is -2.39. The van der Waals surface area contributed by atoms with Gasteiger partial charge in [-0.15, -0.1) is 0 Å². The van der Waals surface area contributed by atoms with E-state index in [9.17, 15) is 10.1 Å². The van der Waals surface area contributed by atoms with Gasteiger partial charge >= 0.3 is 0 Å². The third-order valence-corrected chi connectivity index (χ3v) is 2.65. The summed E-state index contributed by atoms with van der Waals surface area (Å²) in [6, 6.07) is 2.64. The highest BCUT2D eigenvalue weighted by molar-refractivity contribution is 6.29. The van der Waals surface area contributed by atoms with E-state index in [1.54, 1.807) is 0 Å². The molecule has 1 fully saturated rings.